The van der Waals surface area contributed by atoms with Gasteiger partial charge in [-0.15, -0.1) is 0 Å². The average Bonchev–Trinajstić information content (AvgIpc) is 2.80. The van der Waals surface area contributed by atoms with Gasteiger partial charge in [0.05, 0.1) is 18.2 Å². The summed E-state index contributed by atoms with van der Waals surface area (Å²) >= 11 is 12.3. The second kappa shape index (κ2) is 9.87. The number of rotatable bonds is 6. The number of halogens is 2. The molecule has 2 aliphatic heterocycles. The topological polar surface area (TPSA) is 84.9 Å². The van der Waals surface area contributed by atoms with Crippen molar-refractivity contribution in [2.24, 2.45) is 5.92 Å². The number of carbonyl (C=O) groups excluding carboxylic acids is 1. The van der Waals surface area contributed by atoms with Gasteiger partial charge in [0, 0.05) is 28.7 Å². The second-order valence-corrected chi connectivity index (χ2v) is 10.7. The first-order valence-electron chi connectivity index (χ1n) is 10.4. The molecule has 2 aliphatic rings. The summed E-state index contributed by atoms with van der Waals surface area (Å²) in [4.78, 5) is 12.8. The molecule has 2 heterocycles. The summed E-state index contributed by atoms with van der Waals surface area (Å²) in [6, 6.07) is 12.3. The standard InChI is InChI=1S/C22H24Cl2N2O5S/c23-18-6-3-7-19(24)17(18)14-32(28,29)26-10-4-5-15(12-26)22(27)25-11-16-13-30-20-8-1-2-9-21(20)31-16/h1-3,6-9,15-16H,4-5,10-14H2,(H,25,27)/t15-,16+/m0/s1. The molecular formula is C22H24Cl2N2O5S. The van der Waals surface area contributed by atoms with Crippen LogP contribution in [0.3, 0.4) is 0 Å². The first-order valence-corrected chi connectivity index (χ1v) is 12.8. The van der Waals surface area contributed by atoms with Gasteiger partial charge in [0.2, 0.25) is 15.9 Å². The van der Waals surface area contributed by atoms with E-state index in [2.05, 4.69) is 5.32 Å². The van der Waals surface area contributed by atoms with Crippen LogP contribution in [-0.4, -0.2) is 51.0 Å². The van der Waals surface area contributed by atoms with Crippen LogP contribution in [0.2, 0.25) is 10.0 Å². The van der Waals surface area contributed by atoms with Crippen molar-refractivity contribution in [3.05, 3.63) is 58.1 Å². The number of nitrogens with one attached hydrogen (secondary N) is 1. The molecular weight excluding hydrogens is 475 g/mol. The number of benzene rings is 2. The molecule has 2 aromatic rings. The van der Waals surface area contributed by atoms with Crippen molar-refractivity contribution in [3.63, 3.8) is 0 Å². The SMILES string of the molecule is O=C(NC[C@@H]1COc2ccccc2O1)[C@H]1CCCN(S(=O)(=O)Cc2c(Cl)cccc2Cl)C1. The summed E-state index contributed by atoms with van der Waals surface area (Å²) in [5, 5.41) is 3.50. The van der Waals surface area contributed by atoms with E-state index in [-0.39, 0.29) is 30.9 Å². The molecule has 0 saturated carbocycles. The summed E-state index contributed by atoms with van der Waals surface area (Å²) in [7, 11) is -3.68. The van der Waals surface area contributed by atoms with Gasteiger partial charge in [-0.1, -0.05) is 41.4 Å². The van der Waals surface area contributed by atoms with Crippen LogP contribution in [0.15, 0.2) is 42.5 Å². The molecule has 0 unspecified atom stereocenters. The number of para-hydroxylation sites is 2. The molecule has 1 N–H and O–H groups in total. The molecule has 1 saturated heterocycles. The van der Waals surface area contributed by atoms with Crippen LogP contribution in [-0.2, 0) is 20.6 Å². The van der Waals surface area contributed by atoms with Crippen molar-refractivity contribution in [1.82, 2.24) is 9.62 Å². The number of hydrogen-bond acceptors (Lipinski definition) is 5. The lowest BCUT2D eigenvalue weighted by molar-refractivity contribution is -0.126. The number of amides is 1. The molecule has 0 spiro atoms. The molecule has 10 heteroatoms. The van der Waals surface area contributed by atoms with Crippen LogP contribution >= 0.6 is 23.2 Å². The zero-order valence-electron chi connectivity index (χ0n) is 17.3. The Labute approximate surface area is 197 Å². The van der Waals surface area contributed by atoms with Crippen molar-refractivity contribution in [2.75, 3.05) is 26.2 Å². The monoisotopic (exact) mass is 498 g/mol. The third kappa shape index (κ3) is 5.31. The van der Waals surface area contributed by atoms with Gasteiger partial charge < -0.3 is 14.8 Å². The molecule has 32 heavy (non-hydrogen) atoms. The fraction of sp³-hybridized carbons (Fsp3) is 0.409. The van der Waals surface area contributed by atoms with Gasteiger partial charge >= 0.3 is 0 Å². The van der Waals surface area contributed by atoms with Gasteiger partial charge in [0.25, 0.3) is 0 Å². The van der Waals surface area contributed by atoms with E-state index in [9.17, 15) is 13.2 Å². The normalized spacial score (nSPS) is 21.2. The highest BCUT2D eigenvalue weighted by atomic mass is 35.5. The lowest BCUT2D eigenvalue weighted by Gasteiger charge is -2.32. The van der Waals surface area contributed by atoms with E-state index in [1.54, 1.807) is 18.2 Å². The number of nitrogens with zero attached hydrogens (tertiary/aromatic N) is 1. The Balaban J connectivity index is 1.34. The largest absolute Gasteiger partial charge is 0.486 e. The summed E-state index contributed by atoms with van der Waals surface area (Å²) in [6.07, 6.45) is 0.916. The Morgan fingerprint density at radius 3 is 2.56 bits per heavy atom. The van der Waals surface area contributed by atoms with Crippen LogP contribution in [0.25, 0.3) is 0 Å². The first kappa shape index (κ1) is 23.2. The average molecular weight is 499 g/mol. The van der Waals surface area contributed by atoms with E-state index in [4.69, 9.17) is 32.7 Å². The zero-order valence-corrected chi connectivity index (χ0v) is 19.6. The molecule has 2 aromatic carbocycles. The molecule has 172 valence electrons. The highest BCUT2D eigenvalue weighted by Gasteiger charge is 2.33. The Kier molecular flexibility index (Phi) is 7.14. The van der Waals surface area contributed by atoms with Gasteiger partial charge in [0.15, 0.2) is 11.5 Å². The molecule has 0 aliphatic carbocycles. The van der Waals surface area contributed by atoms with E-state index < -0.39 is 15.9 Å². The van der Waals surface area contributed by atoms with Crippen molar-refractivity contribution in [2.45, 2.75) is 24.7 Å². The number of piperidine rings is 1. The smallest absolute Gasteiger partial charge is 0.224 e. The summed E-state index contributed by atoms with van der Waals surface area (Å²) in [6.45, 7) is 1.11. The molecule has 7 nitrogen and oxygen atoms in total. The second-order valence-electron chi connectivity index (χ2n) is 7.90. The van der Waals surface area contributed by atoms with Gasteiger partial charge in [-0.05, 0) is 37.1 Å². The molecule has 4 rings (SSSR count). The fourth-order valence-electron chi connectivity index (χ4n) is 3.88. The van der Waals surface area contributed by atoms with Crippen molar-refractivity contribution in [3.8, 4) is 11.5 Å². The third-order valence-electron chi connectivity index (χ3n) is 5.61. The molecule has 2 atom stereocenters. The maximum atomic E-state index is 13.0. The molecule has 0 radical (unpaired) electrons. The summed E-state index contributed by atoms with van der Waals surface area (Å²) < 4.78 is 38.9. The fourth-order valence-corrected chi connectivity index (χ4v) is 6.24. The number of ether oxygens (including phenoxy) is 2. The summed E-state index contributed by atoms with van der Waals surface area (Å²) in [5.41, 5.74) is 0.372. The minimum absolute atomic E-state index is 0.126. The first-order chi connectivity index (χ1) is 15.3. The van der Waals surface area contributed by atoms with Gasteiger partial charge in [-0.2, -0.15) is 0 Å². The number of fused-ring (bicyclic) bond motifs is 1. The van der Waals surface area contributed by atoms with Crippen LogP contribution in [0, 0.1) is 5.92 Å². The van der Waals surface area contributed by atoms with Crippen molar-refractivity contribution < 1.29 is 22.7 Å². The van der Waals surface area contributed by atoms with Crippen LogP contribution in [0.4, 0.5) is 0 Å². The van der Waals surface area contributed by atoms with Gasteiger partial charge in [0.1, 0.15) is 12.7 Å². The quantitative estimate of drug-likeness (QED) is 0.658. The lowest BCUT2D eigenvalue weighted by Crippen LogP contribution is -2.48. The van der Waals surface area contributed by atoms with E-state index >= 15 is 0 Å². The number of hydrogen-bond donors (Lipinski definition) is 1. The summed E-state index contributed by atoms with van der Waals surface area (Å²) in [5.74, 6) is 0.403. The maximum Gasteiger partial charge on any atom is 0.224 e. The third-order valence-corrected chi connectivity index (χ3v) is 8.09. The van der Waals surface area contributed by atoms with Gasteiger partial charge in [-0.25, -0.2) is 12.7 Å². The predicted octanol–water partition coefficient (Wildman–Crippen LogP) is 3.49. The van der Waals surface area contributed by atoms with Crippen molar-refractivity contribution >= 4 is 39.1 Å². The highest BCUT2D eigenvalue weighted by Crippen LogP contribution is 2.31. The number of sulfonamides is 1. The lowest BCUT2D eigenvalue weighted by atomic mass is 9.99. The number of carbonyl (C=O) groups is 1. The van der Waals surface area contributed by atoms with E-state index in [1.807, 2.05) is 24.3 Å². The zero-order chi connectivity index (χ0) is 22.7. The maximum absolute atomic E-state index is 13.0. The molecule has 0 bridgehead atoms. The van der Waals surface area contributed by atoms with Gasteiger partial charge in [-0.3, -0.25) is 4.79 Å². The molecule has 0 aromatic heterocycles. The predicted molar refractivity (Wildman–Crippen MR) is 123 cm³/mol. The minimum Gasteiger partial charge on any atom is -0.486 e. The van der Waals surface area contributed by atoms with E-state index in [1.165, 1.54) is 4.31 Å². The highest BCUT2D eigenvalue weighted by molar-refractivity contribution is 7.88. The Hall–Kier alpha value is -2.00. The Bertz CT molecular complexity index is 1080. The van der Waals surface area contributed by atoms with Crippen LogP contribution in [0.1, 0.15) is 18.4 Å². The molecule has 1 amide bonds. The minimum atomic E-state index is -3.68. The van der Waals surface area contributed by atoms with Crippen molar-refractivity contribution in [1.29, 1.82) is 0 Å². The van der Waals surface area contributed by atoms with Crippen LogP contribution in [0.5, 0.6) is 11.5 Å². The van der Waals surface area contributed by atoms with E-state index in [0.717, 1.165) is 0 Å². The molecule has 1 fully saturated rings. The van der Waals surface area contributed by atoms with E-state index in [0.29, 0.717) is 53.1 Å². The Morgan fingerprint density at radius 2 is 1.81 bits per heavy atom. The van der Waals surface area contributed by atoms with Crippen LogP contribution < -0.4 is 14.8 Å². The Morgan fingerprint density at radius 1 is 1.09 bits per heavy atom.